The molecule has 2 aliphatic heterocycles. The molecule has 2 atom stereocenters. The van der Waals surface area contributed by atoms with Crippen LogP contribution in [0, 0.1) is 0 Å². The summed E-state index contributed by atoms with van der Waals surface area (Å²) in [6.07, 6.45) is 1.88. The van der Waals surface area contributed by atoms with Crippen molar-refractivity contribution in [2.75, 3.05) is 6.61 Å². The van der Waals surface area contributed by atoms with Gasteiger partial charge in [0.1, 0.15) is 6.23 Å². The average Bonchev–Trinajstić information content (AvgIpc) is 2.84. The van der Waals surface area contributed by atoms with Gasteiger partial charge in [0.25, 0.3) is 0 Å². The molecule has 0 spiro atoms. The van der Waals surface area contributed by atoms with Crippen LogP contribution in [0.2, 0.25) is 0 Å². The first-order valence-corrected chi connectivity index (χ1v) is 6.84. The van der Waals surface area contributed by atoms with Crippen LogP contribution < -0.4 is 0 Å². The van der Waals surface area contributed by atoms with Crippen molar-refractivity contribution >= 4 is 5.78 Å². The molecule has 0 bridgehead atoms. The maximum Gasteiger partial charge on any atom is 0.157 e. The summed E-state index contributed by atoms with van der Waals surface area (Å²) in [5.74, 6) is 0.190. The summed E-state index contributed by atoms with van der Waals surface area (Å²) in [5.41, 5.74) is 3.31. The maximum absolute atomic E-state index is 11.7. The van der Waals surface area contributed by atoms with Gasteiger partial charge >= 0.3 is 0 Å². The number of benzene rings is 1. The van der Waals surface area contributed by atoms with Gasteiger partial charge in [-0.05, 0) is 32.3 Å². The van der Waals surface area contributed by atoms with Crippen LogP contribution in [0.3, 0.4) is 0 Å². The van der Waals surface area contributed by atoms with Crippen molar-refractivity contribution in [1.29, 1.82) is 0 Å². The molecule has 0 radical (unpaired) electrons. The average molecular weight is 257 g/mol. The van der Waals surface area contributed by atoms with E-state index >= 15 is 0 Å². The normalized spacial score (nSPS) is 26.5. The predicted octanol–water partition coefficient (Wildman–Crippen LogP) is 3.04. The van der Waals surface area contributed by atoms with E-state index in [1.165, 1.54) is 5.56 Å². The molecular formula is C16H19NO2. The summed E-state index contributed by atoms with van der Waals surface area (Å²) in [6.45, 7) is 4.42. The Hall–Kier alpha value is -1.61. The SMILES string of the molecule is CC(=O)C1=C(C)N2[C@@H](c3ccccc3)CO[C@@H]2CC1. The zero-order valence-electron chi connectivity index (χ0n) is 11.4. The first-order valence-electron chi connectivity index (χ1n) is 6.84. The molecule has 3 nitrogen and oxygen atoms in total. The molecule has 0 aliphatic carbocycles. The monoisotopic (exact) mass is 257 g/mol. The van der Waals surface area contributed by atoms with Gasteiger partial charge in [-0.2, -0.15) is 0 Å². The maximum atomic E-state index is 11.7. The highest BCUT2D eigenvalue weighted by molar-refractivity contribution is 5.94. The van der Waals surface area contributed by atoms with E-state index in [1.807, 2.05) is 13.0 Å². The van der Waals surface area contributed by atoms with Crippen LogP contribution in [0.4, 0.5) is 0 Å². The zero-order chi connectivity index (χ0) is 13.4. The Morgan fingerprint density at radius 1 is 1.32 bits per heavy atom. The predicted molar refractivity (Wildman–Crippen MR) is 73.4 cm³/mol. The Labute approximate surface area is 113 Å². The molecule has 2 heterocycles. The van der Waals surface area contributed by atoms with Crippen LogP contribution in [0.15, 0.2) is 41.6 Å². The van der Waals surface area contributed by atoms with Crippen LogP contribution >= 0.6 is 0 Å². The molecular weight excluding hydrogens is 238 g/mol. The highest BCUT2D eigenvalue weighted by Crippen LogP contribution is 2.40. The van der Waals surface area contributed by atoms with Gasteiger partial charge in [0, 0.05) is 11.3 Å². The summed E-state index contributed by atoms with van der Waals surface area (Å²) < 4.78 is 5.90. The molecule has 0 N–H and O–H groups in total. The van der Waals surface area contributed by atoms with Gasteiger partial charge in [-0.25, -0.2) is 0 Å². The third kappa shape index (κ3) is 2.08. The number of allylic oxidation sites excluding steroid dienone is 2. The topological polar surface area (TPSA) is 29.5 Å². The largest absolute Gasteiger partial charge is 0.356 e. The Morgan fingerprint density at radius 3 is 2.74 bits per heavy atom. The van der Waals surface area contributed by atoms with Gasteiger partial charge in [-0.1, -0.05) is 30.3 Å². The van der Waals surface area contributed by atoms with E-state index in [0.29, 0.717) is 6.61 Å². The van der Waals surface area contributed by atoms with Crippen LogP contribution in [-0.2, 0) is 9.53 Å². The lowest BCUT2D eigenvalue weighted by Gasteiger charge is -2.36. The number of Topliss-reactive ketones (excluding diaryl/α,β-unsaturated/α-hetero) is 1. The number of carbonyl (C=O) groups is 1. The fourth-order valence-corrected chi connectivity index (χ4v) is 3.20. The fraction of sp³-hybridized carbons (Fsp3) is 0.438. The molecule has 0 amide bonds. The highest BCUT2D eigenvalue weighted by Gasteiger charge is 2.39. The fourth-order valence-electron chi connectivity index (χ4n) is 3.20. The smallest absolute Gasteiger partial charge is 0.157 e. The molecule has 3 heteroatoms. The van der Waals surface area contributed by atoms with Gasteiger partial charge in [-0.15, -0.1) is 0 Å². The molecule has 1 aromatic carbocycles. The second kappa shape index (κ2) is 4.82. The van der Waals surface area contributed by atoms with Gasteiger partial charge in [0.15, 0.2) is 5.78 Å². The Morgan fingerprint density at radius 2 is 2.05 bits per heavy atom. The lowest BCUT2D eigenvalue weighted by atomic mass is 9.96. The number of nitrogens with zero attached hydrogens (tertiary/aromatic N) is 1. The Balaban J connectivity index is 1.98. The van der Waals surface area contributed by atoms with E-state index in [2.05, 4.69) is 29.2 Å². The third-order valence-corrected chi connectivity index (χ3v) is 4.17. The van der Waals surface area contributed by atoms with Crippen molar-refractivity contribution in [3.8, 4) is 0 Å². The molecule has 19 heavy (non-hydrogen) atoms. The van der Waals surface area contributed by atoms with E-state index in [1.54, 1.807) is 6.92 Å². The van der Waals surface area contributed by atoms with Gasteiger partial charge in [-0.3, -0.25) is 4.79 Å². The molecule has 2 aliphatic rings. The van der Waals surface area contributed by atoms with E-state index < -0.39 is 0 Å². The lowest BCUT2D eigenvalue weighted by Crippen LogP contribution is -2.35. The van der Waals surface area contributed by atoms with Crippen molar-refractivity contribution in [3.63, 3.8) is 0 Å². The quantitative estimate of drug-likeness (QED) is 0.815. The van der Waals surface area contributed by atoms with Crippen LogP contribution in [0.25, 0.3) is 0 Å². The molecule has 0 aromatic heterocycles. The lowest BCUT2D eigenvalue weighted by molar-refractivity contribution is -0.114. The molecule has 1 saturated heterocycles. The van der Waals surface area contributed by atoms with Crippen molar-refractivity contribution in [2.45, 2.75) is 39.0 Å². The second-order valence-electron chi connectivity index (χ2n) is 5.28. The minimum atomic E-state index is 0.133. The minimum Gasteiger partial charge on any atom is -0.356 e. The number of fused-ring (bicyclic) bond motifs is 1. The summed E-state index contributed by atoms with van der Waals surface area (Å²) in [7, 11) is 0. The second-order valence-corrected chi connectivity index (χ2v) is 5.28. The number of hydrogen-bond acceptors (Lipinski definition) is 3. The van der Waals surface area contributed by atoms with Crippen molar-refractivity contribution < 1.29 is 9.53 Å². The van der Waals surface area contributed by atoms with Crippen LogP contribution in [0.5, 0.6) is 0 Å². The van der Waals surface area contributed by atoms with E-state index in [-0.39, 0.29) is 18.1 Å². The number of ether oxygens (including phenoxy) is 1. The summed E-state index contributed by atoms with van der Waals surface area (Å²) in [4.78, 5) is 14.0. The number of carbonyl (C=O) groups excluding carboxylic acids is 1. The van der Waals surface area contributed by atoms with Crippen LogP contribution in [0.1, 0.15) is 38.3 Å². The molecule has 1 fully saturated rings. The molecule has 100 valence electrons. The first kappa shape index (κ1) is 12.4. The van der Waals surface area contributed by atoms with E-state index in [4.69, 9.17) is 4.74 Å². The summed E-state index contributed by atoms with van der Waals surface area (Å²) in [5, 5.41) is 0. The van der Waals surface area contributed by atoms with E-state index in [9.17, 15) is 4.79 Å². The highest BCUT2D eigenvalue weighted by atomic mass is 16.5. The Kier molecular flexibility index (Phi) is 3.15. The van der Waals surface area contributed by atoms with E-state index in [0.717, 1.165) is 24.1 Å². The number of hydrogen-bond donors (Lipinski definition) is 0. The van der Waals surface area contributed by atoms with Gasteiger partial charge < -0.3 is 9.64 Å². The van der Waals surface area contributed by atoms with Crippen LogP contribution in [-0.4, -0.2) is 23.5 Å². The standard InChI is InChI=1S/C16H19NO2/c1-11-14(12(2)18)8-9-16-17(11)15(10-19-16)13-6-4-3-5-7-13/h3-7,15-16H,8-10H2,1-2H3/t15-,16-/m1/s1. The Bertz CT molecular complexity index is 521. The van der Waals surface area contributed by atoms with Gasteiger partial charge in [0.05, 0.1) is 12.6 Å². The van der Waals surface area contributed by atoms with Crippen molar-refractivity contribution in [3.05, 3.63) is 47.2 Å². The summed E-state index contributed by atoms with van der Waals surface area (Å²) >= 11 is 0. The number of rotatable bonds is 2. The summed E-state index contributed by atoms with van der Waals surface area (Å²) in [6, 6.07) is 10.6. The third-order valence-electron chi connectivity index (χ3n) is 4.17. The molecule has 3 rings (SSSR count). The molecule has 0 unspecified atom stereocenters. The van der Waals surface area contributed by atoms with Crippen molar-refractivity contribution in [2.24, 2.45) is 0 Å². The first-order chi connectivity index (χ1) is 9.18. The van der Waals surface area contributed by atoms with Crippen molar-refractivity contribution in [1.82, 2.24) is 4.90 Å². The minimum absolute atomic E-state index is 0.133. The van der Waals surface area contributed by atoms with Gasteiger partial charge in [0.2, 0.25) is 0 Å². The molecule has 1 aromatic rings. The number of ketones is 1. The molecule has 0 saturated carbocycles. The zero-order valence-corrected chi connectivity index (χ0v) is 11.4.